The first kappa shape index (κ1) is 15.2. The van der Waals surface area contributed by atoms with Gasteiger partial charge in [0.1, 0.15) is 0 Å². The zero-order valence-corrected chi connectivity index (χ0v) is 13.4. The van der Waals surface area contributed by atoms with Crippen LogP contribution < -0.4 is 5.73 Å². The quantitative estimate of drug-likeness (QED) is 0.874. The van der Waals surface area contributed by atoms with Gasteiger partial charge in [0.25, 0.3) is 0 Å². The number of hydrogen-bond acceptors (Lipinski definition) is 3. The van der Waals surface area contributed by atoms with Crippen molar-refractivity contribution in [2.45, 2.75) is 33.4 Å². The number of rotatable bonds is 6. The van der Waals surface area contributed by atoms with Gasteiger partial charge in [-0.05, 0) is 48.5 Å². The van der Waals surface area contributed by atoms with Crippen LogP contribution >= 0.6 is 11.3 Å². The van der Waals surface area contributed by atoms with E-state index in [0.29, 0.717) is 12.6 Å². The Morgan fingerprint density at radius 1 is 1.15 bits per heavy atom. The lowest BCUT2D eigenvalue weighted by Crippen LogP contribution is -2.33. The van der Waals surface area contributed by atoms with E-state index in [1.54, 1.807) is 0 Å². The summed E-state index contributed by atoms with van der Waals surface area (Å²) in [5.74, 6) is 0. The predicted molar refractivity (Wildman–Crippen MR) is 88.1 cm³/mol. The normalized spacial score (nSPS) is 12.8. The van der Waals surface area contributed by atoms with Gasteiger partial charge < -0.3 is 5.73 Å². The van der Waals surface area contributed by atoms with E-state index < -0.39 is 0 Å². The summed E-state index contributed by atoms with van der Waals surface area (Å²) in [7, 11) is 0. The van der Waals surface area contributed by atoms with Gasteiger partial charge in [0.05, 0.1) is 6.04 Å². The molecular weight excluding hydrogens is 264 g/mol. The Labute approximate surface area is 126 Å². The molecule has 0 amide bonds. The smallest absolute Gasteiger partial charge is 0.0569 e. The highest BCUT2D eigenvalue weighted by molar-refractivity contribution is 7.10. The maximum absolute atomic E-state index is 6.07. The first-order valence-electron chi connectivity index (χ1n) is 7.20. The highest BCUT2D eigenvalue weighted by Gasteiger charge is 2.21. The van der Waals surface area contributed by atoms with Crippen LogP contribution in [0.15, 0.2) is 35.7 Å². The highest BCUT2D eigenvalue weighted by Crippen LogP contribution is 2.29. The minimum atomic E-state index is 0.319. The molecule has 1 aromatic heterocycles. The van der Waals surface area contributed by atoms with Crippen molar-refractivity contribution in [1.29, 1.82) is 0 Å². The van der Waals surface area contributed by atoms with Gasteiger partial charge in [-0.2, -0.15) is 0 Å². The van der Waals surface area contributed by atoms with E-state index in [9.17, 15) is 0 Å². The monoisotopic (exact) mass is 288 g/mol. The lowest BCUT2D eigenvalue weighted by molar-refractivity contribution is 0.205. The summed E-state index contributed by atoms with van der Waals surface area (Å²) in [6.45, 7) is 9.20. The molecule has 0 bridgehead atoms. The minimum absolute atomic E-state index is 0.319. The molecule has 1 heterocycles. The molecule has 2 nitrogen and oxygen atoms in total. The molecule has 2 rings (SSSR count). The predicted octanol–water partition coefficient (Wildman–Crippen LogP) is 3.89. The minimum Gasteiger partial charge on any atom is -0.329 e. The molecule has 0 spiro atoms. The van der Waals surface area contributed by atoms with E-state index in [2.05, 4.69) is 61.4 Å². The second kappa shape index (κ2) is 7.02. The largest absolute Gasteiger partial charge is 0.329 e. The third-order valence-electron chi connectivity index (χ3n) is 3.91. The lowest BCUT2D eigenvalue weighted by Gasteiger charge is -2.30. The fourth-order valence-electron chi connectivity index (χ4n) is 2.60. The third kappa shape index (κ3) is 3.29. The number of hydrogen-bond donors (Lipinski definition) is 1. The van der Waals surface area contributed by atoms with Crippen molar-refractivity contribution in [1.82, 2.24) is 4.90 Å². The van der Waals surface area contributed by atoms with Crippen molar-refractivity contribution in [3.63, 3.8) is 0 Å². The molecule has 0 aliphatic heterocycles. The molecule has 0 fully saturated rings. The van der Waals surface area contributed by atoms with Crippen molar-refractivity contribution < 1.29 is 0 Å². The zero-order valence-electron chi connectivity index (χ0n) is 12.6. The Bertz CT molecular complexity index is 547. The molecule has 1 unspecified atom stereocenters. The van der Waals surface area contributed by atoms with E-state index in [1.165, 1.54) is 21.6 Å². The molecule has 0 radical (unpaired) electrons. The van der Waals surface area contributed by atoms with E-state index >= 15 is 0 Å². The molecule has 0 aliphatic rings. The Morgan fingerprint density at radius 3 is 2.45 bits per heavy atom. The van der Waals surface area contributed by atoms with Gasteiger partial charge in [-0.1, -0.05) is 31.2 Å². The maximum Gasteiger partial charge on any atom is 0.0569 e. The number of likely N-dealkylation sites (N-methyl/N-ethyl adjacent to an activating group) is 1. The van der Waals surface area contributed by atoms with Gasteiger partial charge >= 0.3 is 0 Å². The first-order chi connectivity index (χ1) is 9.67. The topological polar surface area (TPSA) is 29.3 Å². The molecule has 2 aromatic rings. The Hall–Kier alpha value is -1.16. The second-order valence-corrected chi connectivity index (χ2v) is 6.16. The third-order valence-corrected chi connectivity index (χ3v) is 5.03. The molecule has 1 atom stereocenters. The molecule has 20 heavy (non-hydrogen) atoms. The van der Waals surface area contributed by atoms with Crippen LogP contribution in [-0.2, 0) is 6.54 Å². The standard InChI is InChI=1S/C17H24N2S/c1-4-19(12-15-8-6-5-7-13(15)2)16(11-18)17-14(3)9-10-20-17/h5-10,16H,4,11-12,18H2,1-3H3. The molecule has 0 aliphatic carbocycles. The number of thiophene rings is 1. The first-order valence-corrected chi connectivity index (χ1v) is 8.08. The van der Waals surface area contributed by atoms with Crippen LogP contribution in [0.25, 0.3) is 0 Å². The molecular formula is C17H24N2S. The van der Waals surface area contributed by atoms with Crippen molar-refractivity contribution >= 4 is 11.3 Å². The van der Waals surface area contributed by atoms with Gasteiger partial charge in [-0.15, -0.1) is 11.3 Å². The van der Waals surface area contributed by atoms with Crippen LogP contribution in [0.2, 0.25) is 0 Å². The SMILES string of the molecule is CCN(Cc1ccccc1C)C(CN)c1sccc1C. The molecule has 1 aromatic carbocycles. The summed E-state index contributed by atoms with van der Waals surface area (Å²) in [4.78, 5) is 3.88. The fourth-order valence-corrected chi connectivity index (χ4v) is 3.67. The fraction of sp³-hybridized carbons (Fsp3) is 0.412. The van der Waals surface area contributed by atoms with Gasteiger partial charge in [-0.25, -0.2) is 0 Å². The number of aryl methyl sites for hydroxylation is 2. The van der Waals surface area contributed by atoms with E-state index in [-0.39, 0.29) is 0 Å². The van der Waals surface area contributed by atoms with Gasteiger partial charge in [0, 0.05) is 18.0 Å². The molecule has 0 saturated carbocycles. The van der Waals surface area contributed by atoms with Crippen LogP contribution in [0.1, 0.15) is 34.5 Å². The Kier molecular flexibility index (Phi) is 5.35. The molecule has 3 heteroatoms. The van der Waals surface area contributed by atoms with Gasteiger partial charge in [-0.3, -0.25) is 4.90 Å². The van der Waals surface area contributed by atoms with Crippen LogP contribution in [0.4, 0.5) is 0 Å². The van der Waals surface area contributed by atoms with Gasteiger partial charge in [0.2, 0.25) is 0 Å². The highest BCUT2D eigenvalue weighted by atomic mass is 32.1. The molecule has 0 saturated heterocycles. The molecule has 2 N–H and O–H groups in total. The lowest BCUT2D eigenvalue weighted by atomic mass is 10.1. The summed E-state index contributed by atoms with van der Waals surface area (Å²) in [6.07, 6.45) is 0. The van der Waals surface area contributed by atoms with Crippen LogP contribution in [0.3, 0.4) is 0 Å². The summed E-state index contributed by atoms with van der Waals surface area (Å²) in [6, 6.07) is 11.1. The van der Waals surface area contributed by atoms with Crippen molar-refractivity contribution in [2.75, 3.05) is 13.1 Å². The van der Waals surface area contributed by atoms with Crippen LogP contribution in [-0.4, -0.2) is 18.0 Å². The van der Waals surface area contributed by atoms with Crippen molar-refractivity contribution in [3.05, 3.63) is 57.3 Å². The summed E-state index contributed by atoms with van der Waals surface area (Å²) in [5, 5.41) is 2.16. The van der Waals surface area contributed by atoms with Crippen LogP contribution in [0.5, 0.6) is 0 Å². The van der Waals surface area contributed by atoms with E-state index in [4.69, 9.17) is 5.73 Å². The number of nitrogens with two attached hydrogens (primary N) is 1. The zero-order chi connectivity index (χ0) is 14.5. The Morgan fingerprint density at radius 2 is 1.90 bits per heavy atom. The Balaban J connectivity index is 2.23. The van der Waals surface area contributed by atoms with E-state index in [1.807, 2.05) is 11.3 Å². The second-order valence-electron chi connectivity index (χ2n) is 5.21. The van der Waals surface area contributed by atoms with Crippen LogP contribution in [0, 0.1) is 13.8 Å². The average molecular weight is 288 g/mol. The maximum atomic E-state index is 6.07. The van der Waals surface area contributed by atoms with Crippen molar-refractivity contribution in [2.24, 2.45) is 5.73 Å². The number of nitrogens with zero attached hydrogens (tertiary/aromatic N) is 1. The average Bonchev–Trinajstić information content (AvgIpc) is 2.87. The van der Waals surface area contributed by atoms with Crippen molar-refractivity contribution in [3.8, 4) is 0 Å². The summed E-state index contributed by atoms with van der Waals surface area (Å²) in [5.41, 5.74) is 10.2. The summed E-state index contributed by atoms with van der Waals surface area (Å²) >= 11 is 1.82. The molecule has 108 valence electrons. The van der Waals surface area contributed by atoms with E-state index in [0.717, 1.165) is 13.1 Å². The summed E-state index contributed by atoms with van der Waals surface area (Å²) < 4.78 is 0. The van der Waals surface area contributed by atoms with Gasteiger partial charge in [0.15, 0.2) is 0 Å². The number of benzene rings is 1.